The van der Waals surface area contributed by atoms with Crippen molar-refractivity contribution in [1.29, 1.82) is 0 Å². The van der Waals surface area contributed by atoms with Crippen molar-refractivity contribution >= 4 is 11.9 Å². The van der Waals surface area contributed by atoms with Gasteiger partial charge in [-0.05, 0) is 17.8 Å². The number of cyclic esters (lactones) is 2. The highest BCUT2D eigenvalue weighted by molar-refractivity contribution is 5.96. The maximum Gasteiger partial charge on any atom is 0.317 e. The van der Waals surface area contributed by atoms with Crippen LogP contribution in [0.5, 0.6) is 0 Å². The van der Waals surface area contributed by atoms with Crippen molar-refractivity contribution in [1.82, 2.24) is 0 Å². The SMILES string of the molecule is CC1C(=O)OC(=O)C1CC(C)C(C)(C)C. The van der Waals surface area contributed by atoms with E-state index in [1.807, 2.05) is 0 Å². The fourth-order valence-corrected chi connectivity index (χ4v) is 1.67. The van der Waals surface area contributed by atoms with Crippen molar-refractivity contribution in [3.63, 3.8) is 0 Å². The van der Waals surface area contributed by atoms with E-state index in [0.29, 0.717) is 5.92 Å². The first-order valence-electron chi connectivity index (χ1n) is 5.49. The highest BCUT2D eigenvalue weighted by atomic mass is 16.6. The predicted molar refractivity (Wildman–Crippen MR) is 57.0 cm³/mol. The van der Waals surface area contributed by atoms with E-state index >= 15 is 0 Å². The lowest BCUT2D eigenvalue weighted by atomic mass is 9.75. The second-order valence-electron chi connectivity index (χ2n) is 5.64. The van der Waals surface area contributed by atoms with E-state index in [4.69, 9.17) is 0 Å². The van der Waals surface area contributed by atoms with Crippen LogP contribution in [0.4, 0.5) is 0 Å². The topological polar surface area (TPSA) is 43.4 Å². The molecule has 0 aromatic heterocycles. The highest BCUT2D eigenvalue weighted by Gasteiger charge is 2.42. The summed E-state index contributed by atoms with van der Waals surface area (Å²) in [6.07, 6.45) is 0.731. The Balaban J connectivity index is 2.66. The standard InChI is InChI=1S/C12H20O3/c1-7(12(3,4)5)6-9-8(2)10(13)15-11(9)14/h7-9H,6H2,1-5H3. The molecule has 3 atom stereocenters. The van der Waals surface area contributed by atoms with Crippen LogP contribution >= 0.6 is 0 Å². The first-order chi connectivity index (χ1) is 6.73. The Bertz CT molecular complexity index is 275. The molecule has 1 rings (SSSR count). The van der Waals surface area contributed by atoms with E-state index in [2.05, 4.69) is 32.4 Å². The van der Waals surface area contributed by atoms with Gasteiger partial charge in [0.1, 0.15) is 0 Å². The van der Waals surface area contributed by atoms with Crippen molar-refractivity contribution in [2.75, 3.05) is 0 Å². The summed E-state index contributed by atoms with van der Waals surface area (Å²) in [6.45, 7) is 10.3. The zero-order valence-corrected chi connectivity index (χ0v) is 10.2. The Labute approximate surface area is 91.2 Å². The maximum atomic E-state index is 11.4. The van der Waals surface area contributed by atoms with E-state index in [0.717, 1.165) is 6.42 Å². The lowest BCUT2D eigenvalue weighted by molar-refractivity contribution is -0.153. The molecule has 0 aromatic carbocycles. The van der Waals surface area contributed by atoms with Crippen LogP contribution in [0.1, 0.15) is 41.0 Å². The minimum atomic E-state index is -0.369. The third kappa shape index (κ3) is 2.58. The molecule has 0 bridgehead atoms. The van der Waals surface area contributed by atoms with Crippen LogP contribution in [0, 0.1) is 23.2 Å². The summed E-state index contributed by atoms with van der Waals surface area (Å²) in [5.41, 5.74) is 0.158. The highest BCUT2D eigenvalue weighted by Crippen LogP contribution is 2.36. The third-order valence-corrected chi connectivity index (χ3v) is 3.57. The van der Waals surface area contributed by atoms with E-state index in [1.165, 1.54) is 0 Å². The van der Waals surface area contributed by atoms with Gasteiger partial charge in [0.2, 0.25) is 0 Å². The first-order valence-corrected chi connectivity index (χ1v) is 5.49. The number of carbonyl (C=O) groups is 2. The van der Waals surface area contributed by atoms with Crippen molar-refractivity contribution in [2.45, 2.75) is 41.0 Å². The molecule has 0 aliphatic carbocycles. The van der Waals surface area contributed by atoms with Gasteiger partial charge in [-0.3, -0.25) is 9.59 Å². The summed E-state index contributed by atoms with van der Waals surface area (Å²) < 4.78 is 4.62. The molecule has 0 spiro atoms. The Morgan fingerprint density at radius 1 is 1.27 bits per heavy atom. The number of hydrogen-bond donors (Lipinski definition) is 0. The molecule has 1 fully saturated rings. The second kappa shape index (κ2) is 3.95. The number of esters is 2. The lowest BCUT2D eigenvalue weighted by Crippen LogP contribution is -2.25. The molecule has 0 amide bonds. The van der Waals surface area contributed by atoms with Crippen molar-refractivity contribution < 1.29 is 14.3 Å². The van der Waals surface area contributed by atoms with Gasteiger partial charge in [-0.1, -0.05) is 34.6 Å². The molecule has 0 saturated carbocycles. The van der Waals surface area contributed by atoms with Crippen LogP contribution in [0.25, 0.3) is 0 Å². The molecule has 0 aromatic rings. The van der Waals surface area contributed by atoms with Crippen LogP contribution in [0.15, 0.2) is 0 Å². The van der Waals surface area contributed by atoms with Crippen LogP contribution in [0.3, 0.4) is 0 Å². The molecule has 0 N–H and O–H groups in total. The molecule has 3 heteroatoms. The second-order valence-corrected chi connectivity index (χ2v) is 5.64. The molecule has 1 heterocycles. The average Bonchev–Trinajstić information content (AvgIpc) is 2.30. The third-order valence-electron chi connectivity index (χ3n) is 3.57. The smallest absolute Gasteiger partial charge is 0.317 e. The van der Waals surface area contributed by atoms with Gasteiger partial charge in [0.25, 0.3) is 0 Å². The van der Waals surface area contributed by atoms with Gasteiger partial charge >= 0.3 is 11.9 Å². The normalized spacial score (nSPS) is 29.1. The zero-order chi connectivity index (χ0) is 11.8. The Kier molecular flexibility index (Phi) is 3.22. The summed E-state index contributed by atoms with van der Waals surface area (Å²) in [5.74, 6) is -0.841. The predicted octanol–water partition coefficient (Wildman–Crippen LogP) is 2.39. The van der Waals surface area contributed by atoms with E-state index in [-0.39, 0.29) is 29.2 Å². The van der Waals surface area contributed by atoms with E-state index < -0.39 is 0 Å². The zero-order valence-electron chi connectivity index (χ0n) is 10.2. The molecular weight excluding hydrogens is 192 g/mol. The molecule has 3 nitrogen and oxygen atoms in total. The van der Waals surface area contributed by atoms with Gasteiger partial charge in [-0.2, -0.15) is 0 Å². The first kappa shape index (κ1) is 12.2. The summed E-state index contributed by atoms with van der Waals surface area (Å²) in [7, 11) is 0. The fourth-order valence-electron chi connectivity index (χ4n) is 1.67. The quantitative estimate of drug-likeness (QED) is 0.521. The number of ether oxygens (including phenoxy) is 1. The lowest BCUT2D eigenvalue weighted by Gasteiger charge is -2.29. The number of hydrogen-bond acceptors (Lipinski definition) is 3. The summed E-state index contributed by atoms with van der Waals surface area (Å²) >= 11 is 0. The number of rotatable bonds is 2. The van der Waals surface area contributed by atoms with Gasteiger partial charge in [0, 0.05) is 0 Å². The monoisotopic (exact) mass is 212 g/mol. The molecule has 3 unspecified atom stereocenters. The Morgan fingerprint density at radius 3 is 2.13 bits per heavy atom. The van der Waals surface area contributed by atoms with Gasteiger partial charge < -0.3 is 4.74 Å². The van der Waals surface area contributed by atoms with Crippen LogP contribution in [-0.2, 0) is 14.3 Å². The Morgan fingerprint density at radius 2 is 1.80 bits per heavy atom. The summed E-state index contributed by atoms with van der Waals surface area (Å²) in [5, 5.41) is 0. The fraction of sp³-hybridized carbons (Fsp3) is 0.833. The molecular formula is C12H20O3. The van der Waals surface area contributed by atoms with Crippen LogP contribution in [0.2, 0.25) is 0 Å². The average molecular weight is 212 g/mol. The molecule has 1 saturated heterocycles. The van der Waals surface area contributed by atoms with Gasteiger partial charge in [-0.25, -0.2) is 0 Å². The maximum absolute atomic E-state index is 11.4. The van der Waals surface area contributed by atoms with Gasteiger partial charge in [0.05, 0.1) is 11.8 Å². The minimum absolute atomic E-state index is 0.158. The Hall–Kier alpha value is -0.860. The molecule has 1 aliphatic rings. The van der Waals surface area contributed by atoms with E-state index in [9.17, 15) is 9.59 Å². The molecule has 1 aliphatic heterocycles. The summed E-state index contributed by atoms with van der Waals surface area (Å²) in [4.78, 5) is 22.6. The molecule has 86 valence electrons. The number of carbonyl (C=O) groups excluding carboxylic acids is 2. The largest absolute Gasteiger partial charge is 0.393 e. The van der Waals surface area contributed by atoms with E-state index in [1.54, 1.807) is 6.92 Å². The van der Waals surface area contributed by atoms with Crippen LogP contribution < -0.4 is 0 Å². The minimum Gasteiger partial charge on any atom is -0.393 e. The van der Waals surface area contributed by atoms with Crippen molar-refractivity contribution in [3.05, 3.63) is 0 Å². The van der Waals surface area contributed by atoms with Crippen LogP contribution in [-0.4, -0.2) is 11.9 Å². The van der Waals surface area contributed by atoms with Crippen molar-refractivity contribution in [2.24, 2.45) is 23.2 Å². The molecule has 0 radical (unpaired) electrons. The summed E-state index contributed by atoms with van der Waals surface area (Å²) in [6, 6.07) is 0. The van der Waals surface area contributed by atoms with Gasteiger partial charge in [-0.15, -0.1) is 0 Å². The van der Waals surface area contributed by atoms with Gasteiger partial charge in [0.15, 0.2) is 0 Å². The van der Waals surface area contributed by atoms with Crippen molar-refractivity contribution in [3.8, 4) is 0 Å². The molecule has 15 heavy (non-hydrogen) atoms.